The number of benzene rings is 1. The summed E-state index contributed by atoms with van der Waals surface area (Å²) in [5.41, 5.74) is 0. The van der Waals surface area contributed by atoms with Gasteiger partial charge in [-0.3, -0.25) is 0 Å². The molecule has 1 fully saturated rings. The van der Waals surface area contributed by atoms with Gasteiger partial charge in [0.1, 0.15) is 18.2 Å². The Hall–Kier alpha value is -1.93. The number of hydrogen-bond acceptors (Lipinski definition) is 5. The maximum atomic E-state index is 12.5. The van der Waals surface area contributed by atoms with Gasteiger partial charge >= 0.3 is 0 Å². The molecule has 0 bridgehead atoms. The minimum absolute atomic E-state index is 0.299. The fourth-order valence-corrected chi connectivity index (χ4v) is 4.39. The van der Waals surface area contributed by atoms with Gasteiger partial charge in [-0.1, -0.05) is 0 Å². The van der Waals surface area contributed by atoms with Crippen LogP contribution >= 0.6 is 0 Å². The summed E-state index contributed by atoms with van der Waals surface area (Å²) in [6.07, 6.45) is 1.86. The second kappa shape index (κ2) is 6.90. The summed E-state index contributed by atoms with van der Waals surface area (Å²) in [6, 6.07) is 6.56. The van der Waals surface area contributed by atoms with Gasteiger partial charge in [0.2, 0.25) is 10.0 Å². The molecule has 0 aliphatic carbocycles. The number of aryl methyl sites for hydroxylation is 1. The van der Waals surface area contributed by atoms with Crippen LogP contribution in [0.4, 0.5) is 0 Å². The fourth-order valence-electron chi connectivity index (χ4n) is 2.88. The molecule has 0 radical (unpaired) electrons. The lowest BCUT2D eigenvalue weighted by molar-refractivity contribution is 0.289. The first-order valence-electron chi connectivity index (χ1n) is 8.14. The molecule has 1 aliphatic heterocycles. The molecule has 0 N–H and O–H groups in total. The largest absolute Gasteiger partial charge is 0.486 e. The first-order chi connectivity index (χ1) is 11.5. The van der Waals surface area contributed by atoms with Crippen LogP contribution in [0.3, 0.4) is 0 Å². The molecule has 0 spiro atoms. The molecular formula is C16H22N4O3S. The first kappa shape index (κ1) is 16.9. The number of rotatable bonds is 6. The number of aromatic nitrogens is 3. The molecule has 24 heavy (non-hydrogen) atoms. The van der Waals surface area contributed by atoms with Crippen molar-refractivity contribution in [3.8, 4) is 5.75 Å². The Morgan fingerprint density at radius 1 is 1.12 bits per heavy atom. The summed E-state index contributed by atoms with van der Waals surface area (Å²) in [4.78, 5) is 0.310. The van der Waals surface area contributed by atoms with Crippen molar-refractivity contribution >= 4 is 10.0 Å². The molecule has 1 aromatic heterocycles. The van der Waals surface area contributed by atoms with Crippen molar-refractivity contribution in [3.63, 3.8) is 0 Å². The minimum atomic E-state index is -3.38. The quantitative estimate of drug-likeness (QED) is 0.796. The average molecular weight is 350 g/mol. The van der Waals surface area contributed by atoms with Crippen molar-refractivity contribution in [1.82, 2.24) is 19.1 Å². The van der Waals surface area contributed by atoms with E-state index in [9.17, 15) is 8.42 Å². The predicted molar refractivity (Wildman–Crippen MR) is 89.2 cm³/mol. The van der Waals surface area contributed by atoms with Crippen LogP contribution in [0.25, 0.3) is 0 Å². The van der Waals surface area contributed by atoms with Crippen LogP contribution in [-0.2, 0) is 23.2 Å². The Kier molecular flexibility index (Phi) is 4.86. The number of hydrogen-bond donors (Lipinski definition) is 0. The van der Waals surface area contributed by atoms with E-state index in [4.69, 9.17) is 4.74 Å². The highest BCUT2D eigenvalue weighted by atomic mass is 32.2. The van der Waals surface area contributed by atoms with Crippen LogP contribution < -0.4 is 4.74 Å². The Balaban J connectivity index is 1.68. The Bertz CT molecular complexity index is 793. The third-order valence-corrected chi connectivity index (χ3v) is 6.14. The normalized spacial score (nSPS) is 15.8. The predicted octanol–water partition coefficient (Wildman–Crippen LogP) is 1.97. The van der Waals surface area contributed by atoms with Crippen molar-refractivity contribution in [2.24, 2.45) is 0 Å². The van der Waals surface area contributed by atoms with Crippen LogP contribution in [0.2, 0.25) is 0 Å². The molecule has 8 heteroatoms. The lowest BCUT2D eigenvalue weighted by Crippen LogP contribution is -2.27. The minimum Gasteiger partial charge on any atom is -0.486 e. The highest BCUT2D eigenvalue weighted by Crippen LogP contribution is 2.23. The fraction of sp³-hybridized carbons (Fsp3) is 0.500. The summed E-state index contributed by atoms with van der Waals surface area (Å²) >= 11 is 0. The highest BCUT2D eigenvalue weighted by molar-refractivity contribution is 7.89. The number of nitrogens with zero attached hydrogens (tertiary/aromatic N) is 4. The van der Waals surface area contributed by atoms with Crippen molar-refractivity contribution in [1.29, 1.82) is 0 Å². The topological polar surface area (TPSA) is 77.3 Å². The Morgan fingerprint density at radius 3 is 2.42 bits per heavy atom. The van der Waals surface area contributed by atoms with Gasteiger partial charge in [-0.05, 0) is 51.0 Å². The van der Waals surface area contributed by atoms with Crippen LogP contribution in [0, 0.1) is 6.92 Å². The number of ether oxygens (including phenoxy) is 1. The molecule has 2 heterocycles. The van der Waals surface area contributed by atoms with E-state index in [1.165, 1.54) is 4.31 Å². The molecule has 2 aromatic rings. The van der Waals surface area contributed by atoms with Crippen LogP contribution in [0.1, 0.15) is 31.4 Å². The van der Waals surface area contributed by atoms with Gasteiger partial charge in [0.25, 0.3) is 0 Å². The lowest BCUT2D eigenvalue weighted by atomic mass is 10.3. The van der Waals surface area contributed by atoms with Gasteiger partial charge in [0.05, 0.1) is 4.90 Å². The van der Waals surface area contributed by atoms with Crippen LogP contribution in [-0.4, -0.2) is 40.6 Å². The summed E-state index contributed by atoms with van der Waals surface area (Å²) in [5, 5.41) is 8.13. The third kappa shape index (κ3) is 3.29. The molecule has 1 saturated heterocycles. The summed E-state index contributed by atoms with van der Waals surface area (Å²) in [5.74, 6) is 2.21. The summed E-state index contributed by atoms with van der Waals surface area (Å²) < 4.78 is 34.2. The first-order valence-corrected chi connectivity index (χ1v) is 9.58. The molecule has 0 atom stereocenters. The van der Waals surface area contributed by atoms with Crippen molar-refractivity contribution in [2.45, 2.75) is 44.7 Å². The molecule has 0 unspecified atom stereocenters. The van der Waals surface area contributed by atoms with E-state index < -0.39 is 10.0 Å². The second-order valence-corrected chi connectivity index (χ2v) is 7.72. The van der Waals surface area contributed by atoms with Gasteiger partial charge < -0.3 is 9.30 Å². The monoisotopic (exact) mass is 350 g/mol. The molecule has 130 valence electrons. The van der Waals surface area contributed by atoms with E-state index in [-0.39, 0.29) is 0 Å². The molecule has 3 rings (SSSR count). The maximum Gasteiger partial charge on any atom is 0.243 e. The lowest BCUT2D eigenvalue weighted by Gasteiger charge is -2.15. The smallest absolute Gasteiger partial charge is 0.243 e. The van der Waals surface area contributed by atoms with Gasteiger partial charge in [-0.15, -0.1) is 10.2 Å². The van der Waals surface area contributed by atoms with Crippen LogP contribution in [0.15, 0.2) is 29.2 Å². The van der Waals surface area contributed by atoms with E-state index in [1.54, 1.807) is 24.3 Å². The zero-order chi connectivity index (χ0) is 17.2. The maximum absolute atomic E-state index is 12.5. The van der Waals surface area contributed by atoms with E-state index in [0.29, 0.717) is 30.3 Å². The Morgan fingerprint density at radius 2 is 1.79 bits per heavy atom. The molecule has 0 saturated carbocycles. The zero-order valence-electron chi connectivity index (χ0n) is 14.0. The third-order valence-electron chi connectivity index (χ3n) is 4.22. The molecule has 1 aromatic carbocycles. The van der Waals surface area contributed by atoms with E-state index in [0.717, 1.165) is 31.0 Å². The highest BCUT2D eigenvalue weighted by Gasteiger charge is 2.26. The van der Waals surface area contributed by atoms with Gasteiger partial charge in [0.15, 0.2) is 5.82 Å². The summed E-state index contributed by atoms with van der Waals surface area (Å²) in [7, 11) is -3.38. The van der Waals surface area contributed by atoms with Crippen LogP contribution in [0.5, 0.6) is 5.75 Å². The number of sulfonamides is 1. The van der Waals surface area contributed by atoms with Gasteiger partial charge in [-0.2, -0.15) is 4.31 Å². The van der Waals surface area contributed by atoms with Crippen molar-refractivity contribution in [3.05, 3.63) is 35.9 Å². The van der Waals surface area contributed by atoms with E-state index >= 15 is 0 Å². The van der Waals surface area contributed by atoms with E-state index in [2.05, 4.69) is 10.2 Å². The standard InChI is InChI=1S/C16H22N4O3S/c1-3-20-13(2)17-18-16(20)12-23-14-6-8-15(9-7-14)24(21,22)19-10-4-5-11-19/h6-9H,3-5,10-12H2,1-2H3. The summed E-state index contributed by atoms with van der Waals surface area (Å²) in [6.45, 7) is 6.21. The molecular weight excluding hydrogens is 328 g/mol. The second-order valence-electron chi connectivity index (χ2n) is 5.78. The SMILES string of the molecule is CCn1c(C)nnc1COc1ccc(S(=O)(=O)N2CCCC2)cc1. The van der Waals surface area contributed by atoms with Gasteiger partial charge in [-0.25, -0.2) is 8.42 Å². The molecule has 7 nitrogen and oxygen atoms in total. The average Bonchev–Trinajstić information content (AvgIpc) is 3.23. The van der Waals surface area contributed by atoms with E-state index in [1.807, 2.05) is 18.4 Å². The molecule has 0 amide bonds. The molecule has 1 aliphatic rings. The van der Waals surface area contributed by atoms with Crippen molar-refractivity contribution < 1.29 is 13.2 Å². The Labute approximate surface area is 142 Å². The van der Waals surface area contributed by atoms with Gasteiger partial charge in [0, 0.05) is 19.6 Å². The van der Waals surface area contributed by atoms with Crippen molar-refractivity contribution in [2.75, 3.05) is 13.1 Å². The zero-order valence-corrected chi connectivity index (χ0v) is 14.8.